The number of rotatable bonds is 5. The van der Waals surface area contributed by atoms with E-state index in [9.17, 15) is 14.9 Å². The van der Waals surface area contributed by atoms with Gasteiger partial charge in [0.2, 0.25) is 5.91 Å². The normalized spacial score (nSPS) is 21.6. The van der Waals surface area contributed by atoms with Crippen molar-refractivity contribution in [2.24, 2.45) is 0 Å². The number of ether oxygens (including phenoxy) is 1. The standard InChI is InChI=1S/C13H17N3O4/c1-20-10-6-11(14-8-10)13(17)15-7-9-4-2-3-5-12(9)16(18)19/h2-5,10-11,14H,6-8H2,1H3,(H,15,17). The second-order valence-corrected chi connectivity index (χ2v) is 4.66. The van der Waals surface area contributed by atoms with Gasteiger partial charge < -0.3 is 15.4 Å². The van der Waals surface area contributed by atoms with Crippen molar-refractivity contribution in [2.45, 2.75) is 25.1 Å². The fraction of sp³-hybridized carbons (Fsp3) is 0.462. The van der Waals surface area contributed by atoms with Gasteiger partial charge in [-0.3, -0.25) is 14.9 Å². The fourth-order valence-corrected chi connectivity index (χ4v) is 2.23. The van der Waals surface area contributed by atoms with Gasteiger partial charge in [0.15, 0.2) is 0 Å². The van der Waals surface area contributed by atoms with Gasteiger partial charge in [0.25, 0.3) is 5.69 Å². The SMILES string of the molecule is COC1CNC(C(=O)NCc2ccccc2[N+](=O)[O-])C1. The lowest BCUT2D eigenvalue weighted by Gasteiger charge is -2.11. The molecule has 2 rings (SSSR count). The minimum absolute atomic E-state index is 0.0157. The van der Waals surface area contributed by atoms with Crippen LogP contribution in [0, 0.1) is 10.1 Å². The maximum atomic E-state index is 12.0. The Morgan fingerprint density at radius 3 is 2.95 bits per heavy atom. The number of carbonyl (C=O) groups excluding carboxylic acids is 1. The summed E-state index contributed by atoms with van der Waals surface area (Å²) in [5, 5.41) is 16.6. The molecular formula is C13H17N3O4. The lowest BCUT2D eigenvalue weighted by Crippen LogP contribution is -2.40. The molecule has 1 heterocycles. The van der Waals surface area contributed by atoms with Crippen LogP contribution in [-0.4, -0.2) is 36.6 Å². The molecule has 0 spiro atoms. The molecule has 1 aliphatic heterocycles. The molecule has 0 bridgehead atoms. The van der Waals surface area contributed by atoms with Gasteiger partial charge in [-0.25, -0.2) is 0 Å². The fourth-order valence-electron chi connectivity index (χ4n) is 2.23. The zero-order chi connectivity index (χ0) is 14.5. The van der Waals surface area contributed by atoms with Crippen LogP contribution in [0.1, 0.15) is 12.0 Å². The summed E-state index contributed by atoms with van der Waals surface area (Å²) in [5.41, 5.74) is 0.508. The van der Waals surface area contributed by atoms with Crippen molar-refractivity contribution in [3.05, 3.63) is 39.9 Å². The monoisotopic (exact) mass is 279 g/mol. The lowest BCUT2D eigenvalue weighted by atomic mass is 10.1. The van der Waals surface area contributed by atoms with Gasteiger partial charge in [-0.2, -0.15) is 0 Å². The first kappa shape index (κ1) is 14.4. The average Bonchev–Trinajstić information content (AvgIpc) is 2.94. The van der Waals surface area contributed by atoms with Gasteiger partial charge in [-0.05, 0) is 6.42 Å². The van der Waals surface area contributed by atoms with E-state index in [4.69, 9.17) is 4.74 Å². The van der Waals surface area contributed by atoms with Gasteiger partial charge in [0, 0.05) is 31.8 Å². The van der Waals surface area contributed by atoms with Crippen molar-refractivity contribution in [1.82, 2.24) is 10.6 Å². The third-order valence-corrected chi connectivity index (χ3v) is 3.38. The molecule has 2 unspecified atom stereocenters. The van der Waals surface area contributed by atoms with Crippen LogP contribution in [-0.2, 0) is 16.1 Å². The Morgan fingerprint density at radius 1 is 1.55 bits per heavy atom. The van der Waals surface area contributed by atoms with E-state index in [0.717, 1.165) is 0 Å². The Labute approximate surface area is 116 Å². The predicted octanol–water partition coefficient (Wildman–Crippen LogP) is 0.588. The van der Waals surface area contributed by atoms with Crippen LogP contribution in [0.25, 0.3) is 0 Å². The Bertz CT molecular complexity index is 506. The van der Waals surface area contributed by atoms with Crippen molar-refractivity contribution in [3.8, 4) is 0 Å². The highest BCUT2D eigenvalue weighted by atomic mass is 16.6. The number of nitro groups is 1. The van der Waals surface area contributed by atoms with Gasteiger partial charge in [-0.1, -0.05) is 18.2 Å². The van der Waals surface area contributed by atoms with Crippen molar-refractivity contribution in [2.75, 3.05) is 13.7 Å². The molecule has 1 aromatic carbocycles. The summed E-state index contributed by atoms with van der Waals surface area (Å²) in [4.78, 5) is 22.4. The van der Waals surface area contributed by atoms with Gasteiger partial charge in [0.1, 0.15) is 0 Å². The molecule has 1 saturated heterocycles. The van der Waals surface area contributed by atoms with Crippen molar-refractivity contribution >= 4 is 11.6 Å². The number of nitro benzene ring substituents is 1. The maximum Gasteiger partial charge on any atom is 0.274 e. The molecule has 7 heteroatoms. The van der Waals surface area contributed by atoms with Crippen LogP contribution < -0.4 is 10.6 Å². The molecule has 1 amide bonds. The molecule has 2 N–H and O–H groups in total. The molecular weight excluding hydrogens is 262 g/mol. The second-order valence-electron chi connectivity index (χ2n) is 4.66. The molecule has 108 valence electrons. The Morgan fingerprint density at radius 2 is 2.30 bits per heavy atom. The van der Waals surface area contributed by atoms with Crippen LogP contribution in [0.4, 0.5) is 5.69 Å². The van der Waals surface area contributed by atoms with E-state index in [2.05, 4.69) is 10.6 Å². The van der Waals surface area contributed by atoms with Gasteiger partial charge >= 0.3 is 0 Å². The topological polar surface area (TPSA) is 93.5 Å². The summed E-state index contributed by atoms with van der Waals surface area (Å²) in [6.45, 7) is 0.784. The Hall–Kier alpha value is -1.99. The number of nitrogens with zero attached hydrogens (tertiary/aromatic N) is 1. The molecule has 20 heavy (non-hydrogen) atoms. The van der Waals surface area contributed by atoms with Crippen LogP contribution in [0.3, 0.4) is 0 Å². The minimum Gasteiger partial charge on any atom is -0.380 e. The molecule has 2 atom stereocenters. The largest absolute Gasteiger partial charge is 0.380 e. The van der Waals surface area contributed by atoms with E-state index in [1.807, 2.05) is 0 Å². The third kappa shape index (κ3) is 3.31. The number of benzene rings is 1. The summed E-state index contributed by atoms with van der Waals surface area (Å²) in [6.07, 6.45) is 0.649. The molecule has 0 aromatic heterocycles. The Kier molecular flexibility index (Phi) is 4.65. The molecule has 0 aliphatic carbocycles. The average molecular weight is 279 g/mol. The van der Waals surface area contributed by atoms with Gasteiger partial charge in [-0.15, -0.1) is 0 Å². The minimum atomic E-state index is -0.448. The smallest absolute Gasteiger partial charge is 0.274 e. The van der Waals surface area contributed by atoms with E-state index in [-0.39, 0.29) is 30.3 Å². The van der Waals surface area contributed by atoms with Crippen LogP contribution in [0.5, 0.6) is 0 Å². The highest BCUT2D eigenvalue weighted by Gasteiger charge is 2.29. The van der Waals surface area contributed by atoms with E-state index in [1.165, 1.54) is 6.07 Å². The summed E-state index contributed by atoms with van der Waals surface area (Å²) < 4.78 is 5.17. The second kappa shape index (κ2) is 6.44. The molecule has 0 saturated carbocycles. The molecule has 1 aromatic rings. The lowest BCUT2D eigenvalue weighted by molar-refractivity contribution is -0.385. The van der Waals surface area contributed by atoms with E-state index in [0.29, 0.717) is 18.5 Å². The summed E-state index contributed by atoms with van der Waals surface area (Å²) in [7, 11) is 1.61. The number of carbonyl (C=O) groups is 1. The molecule has 1 fully saturated rings. The van der Waals surface area contributed by atoms with E-state index < -0.39 is 4.92 Å². The Balaban J connectivity index is 1.92. The highest BCUT2D eigenvalue weighted by Crippen LogP contribution is 2.17. The third-order valence-electron chi connectivity index (χ3n) is 3.38. The predicted molar refractivity (Wildman–Crippen MR) is 72.1 cm³/mol. The number of para-hydroxylation sites is 1. The zero-order valence-corrected chi connectivity index (χ0v) is 11.2. The van der Waals surface area contributed by atoms with E-state index >= 15 is 0 Å². The summed E-state index contributed by atoms with van der Waals surface area (Å²) in [5.74, 6) is -0.164. The first-order valence-corrected chi connectivity index (χ1v) is 6.38. The summed E-state index contributed by atoms with van der Waals surface area (Å²) in [6, 6.07) is 6.08. The molecule has 1 aliphatic rings. The maximum absolute atomic E-state index is 12.0. The first-order valence-electron chi connectivity index (χ1n) is 6.38. The van der Waals surface area contributed by atoms with Gasteiger partial charge in [0.05, 0.1) is 17.1 Å². The summed E-state index contributed by atoms with van der Waals surface area (Å²) >= 11 is 0. The number of methoxy groups -OCH3 is 1. The van der Waals surface area contributed by atoms with Crippen molar-refractivity contribution < 1.29 is 14.5 Å². The van der Waals surface area contributed by atoms with Crippen LogP contribution in [0.15, 0.2) is 24.3 Å². The number of nitrogens with one attached hydrogen (secondary N) is 2. The number of hydrogen-bond donors (Lipinski definition) is 2. The molecule has 0 radical (unpaired) electrons. The zero-order valence-electron chi connectivity index (χ0n) is 11.2. The van der Waals surface area contributed by atoms with E-state index in [1.54, 1.807) is 25.3 Å². The highest BCUT2D eigenvalue weighted by molar-refractivity contribution is 5.82. The van der Waals surface area contributed by atoms with Crippen molar-refractivity contribution in [3.63, 3.8) is 0 Å². The number of hydrogen-bond acceptors (Lipinski definition) is 5. The molecule has 7 nitrogen and oxygen atoms in total. The van der Waals surface area contributed by atoms with Crippen LogP contribution >= 0.6 is 0 Å². The first-order chi connectivity index (χ1) is 9.61. The van der Waals surface area contributed by atoms with Crippen molar-refractivity contribution in [1.29, 1.82) is 0 Å². The number of amides is 1. The quantitative estimate of drug-likeness (QED) is 0.607. The van der Waals surface area contributed by atoms with Crippen LogP contribution in [0.2, 0.25) is 0 Å².